The largest absolute Gasteiger partial charge is 0.466 e. The molecule has 0 aromatic rings. The molecule has 1 fully saturated rings. The van der Waals surface area contributed by atoms with Crippen molar-refractivity contribution in [3.63, 3.8) is 0 Å². The van der Waals surface area contributed by atoms with Crippen LogP contribution in [0.5, 0.6) is 0 Å². The fourth-order valence-electron chi connectivity index (χ4n) is 1.31. The van der Waals surface area contributed by atoms with E-state index in [0.29, 0.717) is 19.8 Å². The first-order valence-corrected chi connectivity index (χ1v) is 4.54. The zero-order valence-corrected chi connectivity index (χ0v) is 8.17. The summed E-state index contributed by atoms with van der Waals surface area (Å²) in [7, 11) is 0. The third-order valence-electron chi connectivity index (χ3n) is 1.98. The molecule has 0 spiro atoms. The summed E-state index contributed by atoms with van der Waals surface area (Å²) in [6, 6.07) is 0. The van der Waals surface area contributed by atoms with Crippen LogP contribution in [0.4, 0.5) is 0 Å². The van der Waals surface area contributed by atoms with Gasteiger partial charge in [0.2, 0.25) is 0 Å². The smallest absolute Gasteiger partial charge is 0.302 e. The van der Waals surface area contributed by atoms with E-state index < -0.39 is 5.79 Å². The summed E-state index contributed by atoms with van der Waals surface area (Å²) in [5.41, 5.74) is 0. The molecule has 0 radical (unpaired) electrons. The molecule has 4 nitrogen and oxygen atoms in total. The molecule has 0 saturated carbocycles. The zero-order chi connectivity index (χ0) is 9.73. The fourth-order valence-corrected chi connectivity index (χ4v) is 1.31. The first kappa shape index (κ1) is 10.5. The molecule has 0 atom stereocenters. The van der Waals surface area contributed by atoms with Crippen molar-refractivity contribution in [3.05, 3.63) is 0 Å². The number of carbonyl (C=O) groups is 1. The number of hydrogen-bond donors (Lipinski definition) is 0. The van der Waals surface area contributed by atoms with Crippen molar-refractivity contribution in [3.8, 4) is 0 Å². The Morgan fingerprint density at radius 2 is 2.08 bits per heavy atom. The Balaban J connectivity index is 2.07. The van der Waals surface area contributed by atoms with E-state index in [4.69, 9.17) is 14.2 Å². The van der Waals surface area contributed by atoms with E-state index in [1.807, 2.05) is 6.92 Å². The lowest BCUT2D eigenvalue weighted by molar-refractivity contribution is -0.153. The highest BCUT2D eigenvalue weighted by Gasteiger charge is 2.29. The highest BCUT2D eigenvalue weighted by atomic mass is 16.7. The Bertz CT molecular complexity index is 172. The molecule has 1 aliphatic rings. The van der Waals surface area contributed by atoms with E-state index >= 15 is 0 Å². The molecule has 1 saturated heterocycles. The van der Waals surface area contributed by atoms with E-state index in [0.717, 1.165) is 12.8 Å². The topological polar surface area (TPSA) is 44.8 Å². The van der Waals surface area contributed by atoms with Gasteiger partial charge in [0.25, 0.3) is 0 Å². The summed E-state index contributed by atoms with van der Waals surface area (Å²) in [5.74, 6) is -0.696. The minimum absolute atomic E-state index is 0.238. The Labute approximate surface area is 78.2 Å². The molecule has 1 aliphatic heterocycles. The minimum atomic E-state index is -0.458. The summed E-state index contributed by atoms with van der Waals surface area (Å²) in [4.78, 5) is 10.4. The van der Waals surface area contributed by atoms with Gasteiger partial charge in [-0.1, -0.05) is 0 Å². The Morgan fingerprint density at radius 1 is 1.46 bits per heavy atom. The molecular formula is C9H16O4. The molecule has 0 aromatic carbocycles. The van der Waals surface area contributed by atoms with Crippen molar-refractivity contribution in [1.29, 1.82) is 0 Å². The lowest BCUT2D eigenvalue weighted by Gasteiger charge is -2.21. The van der Waals surface area contributed by atoms with Gasteiger partial charge in [-0.15, -0.1) is 0 Å². The van der Waals surface area contributed by atoms with E-state index in [2.05, 4.69) is 0 Å². The van der Waals surface area contributed by atoms with Crippen molar-refractivity contribution in [2.75, 3.05) is 19.8 Å². The summed E-state index contributed by atoms with van der Waals surface area (Å²) in [5, 5.41) is 0. The summed E-state index contributed by atoms with van der Waals surface area (Å²) < 4.78 is 15.6. The third kappa shape index (κ3) is 3.74. The maximum Gasteiger partial charge on any atom is 0.302 e. The predicted octanol–water partition coefficient (Wildman–Crippen LogP) is 1.09. The van der Waals surface area contributed by atoms with Crippen LogP contribution < -0.4 is 0 Å². The fraction of sp³-hybridized carbons (Fsp3) is 0.889. The van der Waals surface area contributed by atoms with Gasteiger partial charge < -0.3 is 14.2 Å². The van der Waals surface area contributed by atoms with Gasteiger partial charge in [-0.2, -0.15) is 0 Å². The number of hydrogen-bond acceptors (Lipinski definition) is 4. The molecular weight excluding hydrogens is 172 g/mol. The van der Waals surface area contributed by atoms with Gasteiger partial charge in [0.15, 0.2) is 5.79 Å². The van der Waals surface area contributed by atoms with Crippen LogP contribution in [0.1, 0.15) is 26.7 Å². The van der Waals surface area contributed by atoms with Crippen LogP contribution in [-0.2, 0) is 19.0 Å². The second kappa shape index (κ2) is 4.58. The van der Waals surface area contributed by atoms with E-state index in [1.54, 1.807) is 0 Å². The Hall–Kier alpha value is -0.610. The van der Waals surface area contributed by atoms with Crippen molar-refractivity contribution in [1.82, 2.24) is 0 Å². The second-order valence-corrected chi connectivity index (χ2v) is 3.27. The van der Waals surface area contributed by atoms with E-state index in [-0.39, 0.29) is 5.97 Å². The van der Waals surface area contributed by atoms with Gasteiger partial charge in [0.1, 0.15) is 0 Å². The zero-order valence-electron chi connectivity index (χ0n) is 8.17. The van der Waals surface area contributed by atoms with Crippen molar-refractivity contribution >= 4 is 5.97 Å². The average Bonchev–Trinajstić information content (AvgIpc) is 2.47. The van der Waals surface area contributed by atoms with Gasteiger partial charge in [-0.05, 0) is 13.3 Å². The monoisotopic (exact) mass is 188 g/mol. The van der Waals surface area contributed by atoms with Crippen LogP contribution in [-0.4, -0.2) is 31.6 Å². The molecule has 76 valence electrons. The van der Waals surface area contributed by atoms with Crippen LogP contribution in [0.15, 0.2) is 0 Å². The molecule has 0 N–H and O–H groups in total. The standard InChI is InChI=1S/C9H16O4/c1-8(10)11-5-3-4-9(2)12-6-7-13-9/h3-7H2,1-2H3. The second-order valence-electron chi connectivity index (χ2n) is 3.27. The Morgan fingerprint density at radius 3 is 2.62 bits per heavy atom. The summed E-state index contributed by atoms with van der Waals surface area (Å²) >= 11 is 0. The highest BCUT2D eigenvalue weighted by Crippen LogP contribution is 2.23. The van der Waals surface area contributed by atoms with Gasteiger partial charge in [-0.25, -0.2) is 0 Å². The maximum absolute atomic E-state index is 10.4. The predicted molar refractivity (Wildman–Crippen MR) is 46.2 cm³/mol. The number of ether oxygens (including phenoxy) is 3. The lowest BCUT2D eigenvalue weighted by Crippen LogP contribution is -2.25. The van der Waals surface area contributed by atoms with Crippen LogP contribution in [0.2, 0.25) is 0 Å². The quantitative estimate of drug-likeness (QED) is 0.489. The van der Waals surface area contributed by atoms with E-state index in [9.17, 15) is 4.79 Å². The maximum atomic E-state index is 10.4. The molecule has 13 heavy (non-hydrogen) atoms. The van der Waals surface area contributed by atoms with Gasteiger partial charge in [0, 0.05) is 13.3 Å². The normalized spacial score (nSPS) is 20.2. The number of carbonyl (C=O) groups excluding carboxylic acids is 1. The molecule has 0 bridgehead atoms. The molecule has 4 heteroatoms. The van der Waals surface area contributed by atoms with Crippen LogP contribution in [0.3, 0.4) is 0 Å². The van der Waals surface area contributed by atoms with Crippen molar-refractivity contribution < 1.29 is 19.0 Å². The number of esters is 1. The van der Waals surface area contributed by atoms with E-state index in [1.165, 1.54) is 6.92 Å². The van der Waals surface area contributed by atoms with Crippen LogP contribution in [0, 0.1) is 0 Å². The van der Waals surface area contributed by atoms with Crippen LogP contribution >= 0.6 is 0 Å². The van der Waals surface area contributed by atoms with Gasteiger partial charge in [0.05, 0.1) is 19.8 Å². The molecule has 1 rings (SSSR count). The SMILES string of the molecule is CC(=O)OCCCC1(C)OCCO1. The molecule has 0 aliphatic carbocycles. The first-order chi connectivity index (χ1) is 6.12. The summed E-state index contributed by atoms with van der Waals surface area (Å²) in [6.07, 6.45) is 1.54. The molecule has 0 amide bonds. The van der Waals surface area contributed by atoms with Crippen molar-refractivity contribution in [2.24, 2.45) is 0 Å². The minimum Gasteiger partial charge on any atom is -0.466 e. The molecule has 1 heterocycles. The van der Waals surface area contributed by atoms with Gasteiger partial charge >= 0.3 is 5.97 Å². The third-order valence-corrected chi connectivity index (χ3v) is 1.98. The lowest BCUT2D eigenvalue weighted by atomic mass is 10.2. The average molecular weight is 188 g/mol. The molecule has 0 aromatic heterocycles. The Kier molecular flexibility index (Phi) is 3.69. The molecule has 0 unspecified atom stereocenters. The van der Waals surface area contributed by atoms with Crippen LogP contribution in [0.25, 0.3) is 0 Å². The van der Waals surface area contributed by atoms with Gasteiger partial charge in [-0.3, -0.25) is 4.79 Å². The first-order valence-electron chi connectivity index (χ1n) is 4.54. The van der Waals surface area contributed by atoms with Crippen molar-refractivity contribution in [2.45, 2.75) is 32.5 Å². The highest BCUT2D eigenvalue weighted by molar-refractivity contribution is 5.65. The summed E-state index contributed by atoms with van der Waals surface area (Å²) in [6.45, 7) is 5.07. The number of rotatable bonds is 4.